The van der Waals surface area contributed by atoms with Gasteiger partial charge in [-0.15, -0.1) is 0 Å². The molecule has 25 heavy (non-hydrogen) atoms. The molecule has 4 rings (SSSR count). The zero-order chi connectivity index (χ0) is 17.1. The van der Waals surface area contributed by atoms with Gasteiger partial charge in [0, 0.05) is 58.4 Å². The van der Waals surface area contributed by atoms with Crippen molar-refractivity contribution in [3.05, 3.63) is 12.4 Å². The number of likely N-dealkylation sites (tertiary alicyclic amines) is 1. The first-order chi connectivity index (χ1) is 12.3. The van der Waals surface area contributed by atoms with Crippen molar-refractivity contribution in [3.63, 3.8) is 0 Å². The molecule has 0 spiro atoms. The molecule has 1 aromatic heterocycles. The standard InChI is InChI=1S/C18H28N6O/c25-18(24-7-3-4-8-24)14-21-9-11-23(12-10-21)17-13-16(19-15-20-17)22-5-1-2-6-22/h13,15H,1-12,14H2. The van der Waals surface area contributed by atoms with E-state index in [1.165, 1.54) is 12.8 Å². The van der Waals surface area contributed by atoms with E-state index in [0.29, 0.717) is 12.5 Å². The third-order valence-corrected chi connectivity index (χ3v) is 5.58. The van der Waals surface area contributed by atoms with Gasteiger partial charge < -0.3 is 14.7 Å². The lowest BCUT2D eigenvalue weighted by Gasteiger charge is -2.35. The second kappa shape index (κ2) is 7.56. The van der Waals surface area contributed by atoms with E-state index in [2.05, 4.69) is 30.7 Å². The third kappa shape index (κ3) is 3.86. The van der Waals surface area contributed by atoms with Crippen molar-refractivity contribution in [1.82, 2.24) is 19.8 Å². The number of hydrogen-bond donors (Lipinski definition) is 0. The minimum absolute atomic E-state index is 0.296. The van der Waals surface area contributed by atoms with Crippen molar-refractivity contribution in [2.24, 2.45) is 0 Å². The lowest BCUT2D eigenvalue weighted by Crippen LogP contribution is -2.50. The van der Waals surface area contributed by atoms with E-state index in [9.17, 15) is 4.79 Å². The van der Waals surface area contributed by atoms with Crippen LogP contribution >= 0.6 is 0 Å². The summed E-state index contributed by atoms with van der Waals surface area (Å²) in [4.78, 5) is 30.2. The number of carbonyl (C=O) groups is 1. The summed E-state index contributed by atoms with van der Waals surface area (Å²) in [5.74, 6) is 2.36. The van der Waals surface area contributed by atoms with Crippen LogP contribution in [0, 0.1) is 0 Å². The van der Waals surface area contributed by atoms with E-state index in [1.54, 1.807) is 6.33 Å². The molecule has 0 radical (unpaired) electrons. The average Bonchev–Trinajstić information content (AvgIpc) is 3.36. The summed E-state index contributed by atoms with van der Waals surface area (Å²) >= 11 is 0. The van der Waals surface area contributed by atoms with Crippen molar-refractivity contribution in [2.45, 2.75) is 25.7 Å². The number of hydrogen-bond acceptors (Lipinski definition) is 6. The van der Waals surface area contributed by atoms with Crippen molar-refractivity contribution in [3.8, 4) is 0 Å². The maximum atomic E-state index is 12.3. The number of piperazine rings is 1. The highest BCUT2D eigenvalue weighted by molar-refractivity contribution is 5.78. The van der Waals surface area contributed by atoms with Crippen LogP contribution in [0.25, 0.3) is 0 Å². The molecule has 4 heterocycles. The SMILES string of the molecule is O=C(CN1CCN(c2cc(N3CCCC3)ncn2)CC1)N1CCCC1. The Labute approximate surface area is 149 Å². The number of rotatable bonds is 4. The minimum atomic E-state index is 0.296. The Morgan fingerprint density at radius 3 is 2.00 bits per heavy atom. The summed E-state index contributed by atoms with van der Waals surface area (Å²) in [6.45, 7) is 8.33. The predicted molar refractivity (Wildman–Crippen MR) is 97.9 cm³/mol. The molecule has 0 aliphatic carbocycles. The van der Waals surface area contributed by atoms with Crippen LogP contribution in [-0.2, 0) is 4.79 Å². The summed E-state index contributed by atoms with van der Waals surface area (Å²) < 4.78 is 0. The quantitative estimate of drug-likeness (QED) is 0.806. The van der Waals surface area contributed by atoms with Crippen molar-refractivity contribution in [2.75, 3.05) is 68.7 Å². The molecule has 0 N–H and O–H groups in total. The van der Waals surface area contributed by atoms with Crippen molar-refractivity contribution >= 4 is 17.5 Å². The average molecular weight is 344 g/mol. The Morgan fingerprint density at radius 2 is 1.36 bits per heavy atom. The molecule has 1 aromatic rings. The lowest BCUT2D eigenvalue weighted by atomic mass is 10.3. The van der Waals surface area contributed by atoms with E-state index in [1.807, 2.05) is 4.90 Å². The molecule has 0 aromatic carbocycles. The highest BCUT2D eigenvalue weighted by Gasteiger charge is 2.24. The Balaban J connectivity index is 1.31. The van der Waals surface area contributed by atoms with E-state index in [0.717, 1.165) is 76.8 Å². The molecule has 0 saturated carbocycles. The maximum absolute atomic E-state index is 12.3. The van der Waals surface area contributed by atoms with Gasteiger partial charge in [-0.1, -0.05) is 0 Å². The highest BCUT2D eigenvalue weighted by atomic mass is 16.2. The molecule has 136 valence electrons. The molecular weight excluding hydrogens is 316 g/mol. The number of aromatic nitrogens is 2. The molecule has 3 fully saturated rings. The van der Waals surface area contributed by atoms with Crippen LogP contribution in [0.3, 0.4) is 0 Å². The van der Waals surface area contributed by atoms with Crippen LogP contribution in [0.2, 0.25) is 0 Å². The molecule has 0 bridgehead atoms. The van der Waals surface area contributed by atoms with Gasteiger partial charge in [-0.3, -0.25) is 9.69 Å². The summed E-state index contributed by atoms with van der Waals surface area (Å²) in [6, 6.07) is 2.12. The predicted octanol–water partition coefficient (Wildman–Crippen LogP) is 0.821. The number of anilines is 2. The van der Waals surface area contributed by atoms with Crippen LogP contribution in [0.15, 0.2) is 12.4 Å². The fourth-order valence-electron chi connectivity index (χ4n) is 4.02. The highest BCUT2D eigenvalue weighted by Crippen LogP contribution is 2.22. The molecule has 3 saturated heterocycles. The van der Waals surface area contributed by atoms with Gasteiger partial charge in [-0.2, -0.15) is 0 Å². The third-order valence-electron chi connectivity index (χ3n) is 5.58. The van der Waals surface area contributed by atoms with Crippen molar-refractivity contribution in [1.29, 1.82) is 0 Å². The van der Waals surface area contributed by atoms with Crippen LogP contribution in [-0.4, -0.2) is 84.6 Å². The zero-order valence-electron chi connectivity index (χ0n) is 14.9. The van der Waals surface area contributed by atoms with Crippen LogP contribution in [0.4, 0.5) is 11.6 Å². The van der Waals surface area contributed by atoms with Gasteiger partial charge in [0.15, 0.2) is 0 Å². The first-order valence-electron chi connectivity index (χ1n) is 9.62. The normalized spacial score (nSPS) is 22.0. The van der Waals surface area contributed by atoms with Gasteiger partial charge in [0.1, 0.15) is 18.0 Å². The van der Waals surface area contributed by atoms with Gasteiger partial charge in [0.05, 0.1) is 6.54 Å². The zero-order valence-corrected chi connectivity index (χ0v) is 14.9. The Bertz CT molecular complexity index is 589. The van der Waals surface area contributed by atoms with Gasteiger partial charge in [0.25, 0.3) is 0 Å². The molecule has 3 aliphatic rings. The Hall–Kier alpha value is -1.89. The van der Waals surface area contributed by atoms with E-state index >= 15 is 0 Å². The molecule has 1 amide bonds. The fourth-order valence-corrected chi connectivity index (χ4v) is 4.02. The monoisotopic (exact) mass is 344 g/mol. The van der Waals surface area contributed by atoms with Gasteiger partial charge in [-0.05, 0) is 25.7 Å². The van der Waals surface area contributed by atoms with Gasteiger partial charge in [-0.25, -0.2) is 9.97 Å². The molecule has 7 nitrogen and oxygen atoms in total. The summed E-state index contributed by atoms with van der Waals surface area (Å²) in [5.41, 5.74) is 0. The Kier molecular flexibility index (Phi) is 5.01. The van der Waals surface area contributed by atoms with Crippen molar-refractivity contribution < 1.29 is 4.79 Å². The van der Waals surface area contributed by atoms with E-state index in [4.69, 9.17) is 0 Å². The number of nitrogens with zero attached hydrogens (tertiary/aromatic N) is 6. The maximum Gasteiger partial charge on any atom is 0.236 e. The summed E-state index contributed by atoms with van der Waals surface area (Å²) in [7, 11) is 0. The van der Waals surface area contributed by atoms with Gasteiger partial charge >= 0.3 is 0 Å². The lowest BCUT2D eigenvalue weighted by molar-refractivity contribution is -0.131. The largest absolute Gasteiger partial charge is 0.356 e. The summed E-state index contributed by atoms with van der Waals surface area (Å²) in [5, 5.41) is 0. The first-order valence-corrected chi connectivity index (χ1v) is 9.62. The molecule has 7 heteroatoms. The molecule has 3 aliphatic heterocycles. The molecule has 0 atom stereocenters. The first kappa shape index (κ1) is 16.6. The fraction of sp³-hybridized carbons (Fsp3) is 0.722. The number of amides is 1. The summed E-state index contributed by atoms with van der Waals surface area (Å²) in [6.07, 6.45) is 6.51. The van der Waals surface area contributed by atoms with Gasteiger partial charge in [0.2, 0.25) is 5.91 Å². The molecular formula is C18H28N6O. The minimum Gasteiger partial charge on any atom is -0.356 e. The number of carbonyl (C=O) groups excluding carboxylic acids is 1. The second-order valence-electron chi connectivity index (χ2n) is 7.28. The van der Waals surface area contributed by atoms with E-state index < -0.39 is 0 Å². The van der Waals surface area contributed by atoms with Crippen LogP contribution in [0.1, 0.15) is 25.7 Å². The Morgan fingerprint density at radius 1 is 0.800 bits per heavy atom. The van der Waals surface area contributed by atoms with Crippen LogP contribution in [0.5, 0.6) is 0 Å². The molecule has 0 unspecified atom stereocenters. The topological polar surface area (TPSA) is 55.8 Å². The van der Waals surface area contributed by atoms with Crippen LogP contribution < -0.4 is 9.80 Å². The van der Waals surface area contributed by atoms with E-state index in [-0.39, 0.29) is 0 Å². The second-order valence-corrected chi connectivity index (χ2v) is 7.28. The smallest absolute Gasteiger partial charge is 0.236 e.